The van der Waals surface area contributed by atoms with Gasteiger partial charge >= 0.3 is 6.72 Å². The van der Waals surface area contributed by atoms with Crippen LogP contribution >= 0.6 is 29.9 Å². The second-order valence-electron chi connectivity index (χ2n) is 3.54. The standard InChI is InChI=1S/C11H15Cl2O4PS2/c1-4-15-18(19,16-5-2)17-11-9(12)6-8(20(3)14)7-10(11)13/h6-7H,4-5H2,1-3H3. The average Bonchev–Trinajstić information content (AvgIpc) is 2.34. The first-order chi connectivity index (χ1) is 9.33. The van der Waals surface area contributed by atoms with E-state index in [1.807, 2.05) is 0 Å². The molecule has 0 N–H and O–H groups in total. The Morgan fingerprint density at radius 1 is 1.20 bits per heavy atom. The van der Waals surface area contributed by atoms with Gasteiger partial charge in [0.25, 0.3) is 0 Å². The molecule has 1 unspecified atom stereocenters. The predicted molar refractivity (Wildman–Crippen MR) is 87.0 cm³/mol. The highest BCUT2D eigenvalue weighted by Gasteiger charge is 2.24. The number of rotatable bonds is 7. The molecule has 0 spiro atoms. The first-order valence-corrected chi connectivity index (χ1v) is 10.6. The second-order valence-corrected chi connectivity index (χ2v) is 8.67. The highest BCUT2D eigenvalue weighted by Crippen LogP contribution is 2.53. The molecule has 0 aromatic heterocycles. The van der Waals surface area contributed by atoms with Crippen LogP contribution in [-0.2, 0) is 31.7 Å². The minimum atomic E-state index is -2.95. The van der Waals surface area contributed by atoms with Gasteiger partial charge in [-0.3, -0.25) is 13.3 Å². The van der Waals surface area contributed by atoms with Crippen molar-refractivity contribution in [2.24, 2.45) is 0 Å². The fourth-order valence-electron chi connectivity index (χ4n) is 1.31. The van der Waals surface area contributed by atoms with Crippen LogP contribution < -0.4 is 4.52 Å². The van der Waals surface area contributed by atoms with Crippen LogP contribution in [0.25, 0.3) is 0 Å². The van der Waals surface area contributed by atoms with Crippen molar-refractivity contribution < 1.29 is 17.8 Å². The highest BCUT2D eigenvalue weighted by molar-refractivity contribution is 8.07. The number of halogens is 2. The smallest absolute Gasteiger partial charge is 0.380 e. The quantitative estimate of drug-likeness (QED) is 0.659. The molecular weight excluding hydrogens is 362 g/mol. The highest BCUT2D eigenvalue weighted by atomic mass is 35.5. The van der Waals surface area contributed by atoms with Gasteiger partial charge in [0.05, 0.1) is 23.3 Å². The summed E-state index contributed by atoms with van der Waals surface area (Å²) in [6.45, 7) is 1.33. The van der Waals surface area contributed by atoms with Crippen LogP contribution in [0.3, 0.4) is 0 Å². The molecule has 0 saturated heterocycles. The van der Waals surface area contributed by atoms with Crippen molar-refractivity contribution in [1.82, 2.24) is 0 Å². The van der Waals surface area contributed by atoms with Crippen molar-refractivity contribution in [3.05, 3.63) is 22.2 Å². The fraction of sp³-hybridized carbons (Fsp3) is 0.455. The largest absolute Gasteiger partial charge is 0.421 e. The van der Waals surface area contributed by atoms with Gasteiger partial charge in [-0.1, -0.05) is 23.2 Å². The van der Waals surface area contributed by atoms with Gasteiger partial charge in [-0.2, -0.15) is 0 Å². The van der Waals surface area contributed by atoms with Crippen molar-refractivity contribution in [1.29, 1.82) is 0 Å². The zero-order chi connectivity index (χ0) is 15.3. The van der Waals surface area contributed by atoms with Crippen molar-refractivity contribution >= 4 is 52.5 Å². The first kappa shape index (κ1) is 18.4. The van der Waals surface area contributed by atoms with Gasteiger partial charge in [0.1, 0.15) is 0 Å². The van der Waals surface area contributed by atoms with Gasteiger partial charge in [0.2, 0.25) is 0 Å². The Morgan fingerprint density at radius 2 is 1.65 bits per heavy atom. The van der Waals surface area contributed by atoms with Crippen LogP contribution in [0.1, 0.15) is 13.8 Å². The SMILES string of the molecule is CCOP(=S)(OCC)Oc1c(Cl)cc(S(C)=O)cc1Cl. The van der Waals surface area contributed by atoms with Crippen molar-refractivity contribution in [3.63, 3.8) is 0 Å². The Morgan fingerprint density at radius 3 is 2.00 bits per heavy atom. The molecule has 20 heavy (non-hydrogen) atoms. The van der Waals surface area contributed by atoms with Crippen molar-refractivity contribution in [2.45, 2.75) is 18.7 Å². The minimum absolute atomic E-state index is 0.188. The van der Waals surface area contributed by atoms with Crippen LogP contribution in [0.5, 0.6) is 5.75 Å². The maximum atomic E-state index is 11.4. The van der Waals surface area contributed by atoms with Gasteiger partial charge in [-0.05, 0) is 26.0 Å². The Bertz CT molecular complexity index is 520. The molecule has 0 fully saturated rings. The molecule has 0 heterocycles. The summed E-state index contributed by atoms with van der Waals surface area (Å²) in [5.41, 5.74) is 0. The summed E-state index contributed by atoms with van der Waals surface area (Å²) in [6, 6.07) is 3.05. The third-order valence-corrected chi connectivity index (χ3v) is 5.95. The summed E-state index contributed by atoms with van der Waals surface area (Å²) >= 11 is 17.5. The average molecular weight is 377 g/mol. The molecule has 4 nitrogen and oxygen atoms in total. The number of hydrogen-bond donors (Lipinski definition) is 0. The lowest BCUT2D eigenvalue weighted by Gasteiger charge is -2.22. The molecular formula is C11H15Cl2O4PS2. The van der Waals surface area contributed by atoms with Crippen molar-refractivity contribution in [2.75, 3.05) is 19.5 Å². The summed E-state index contributed by atoms with van der Waals surface area (Å²) in [5.74, 6) is 0.188. The van der Waals surface area contributed by atoms with Gasteiger partial charge in [-0.15, -0.1) is 0 Å². The lowest BCUT2D eigenvalue weighted by atomic mass is 10.3. The van der Waals surface area contributed by atoms with Crippen LogP contribution in [0.2, 0.25) is 10.0 Å². The monoisotopic (exact) mass is 376 g/mol. The first-order valence-electron chi connectivity index (χ1n) is 5.74. The number of benzene rings is 1. The minimum Gasteiger partial charge on any atom is -0.421 e. The Hall–Kier alpha value is 0.320. The van der Waals surface area contributed by atoms with Crippen LogP contribution in [0.4, 0.5) is 0 Å². The maximum absolute atomic E-state index is 11.4. The van der Waals surface area contributed by atoms with E-state index in [2.05, 4.69) is 0 Å². The molecule has 1 aromatic rings. The molecule has 1 atom stereocenters. The van der Waals surface area contributed by atoms with E-state index in [0.29, 0.717) is 18.1 Å². The summed E-state index contributed by atoms with van der Waals surface area (Å²) < 4.78 is 27.8. The summed E-state index contributed by atoms with van der Waals surface area (Å²) in [7, 11) is -1.19. The summed E-state index contributed by atoms with van der Waals surface area (Å²) in [4.78, 5) is 0.508. The molecule has 0 aliphatic rings. The second kappa shape index (κ2) is 8.08. The van der Waals surface area contributed by atoms with E-state index in [1.165, 1.54) is 18.4 Å². The van der Waals surface area contributed by atoms with Gasteiger partial charge in [-0.25, -0.2) is 0 Å². The Labute approximate surface area is 136 Å². The molecule has 0 amide bonds. The Balaban J connectivity index is 3.14. The number of hydrogen-bond acceptors (Lipinski definition) is 5. The third kappa shape index (κ3) is 4.95. The summed E-state index contributed by atoms with van der Waals surface area (Å²) in [6.07, 6.45) is 1.54. The molecule has 9 heteroatoms. The molecule has 0 radical (unpaired) electrons. The van der Waals surface area contributed by atoms with Gasteiger partial charge < -0.3 is 4.52 Å². The Kier molecular flexibility index (Phi) is 7.43. The maximum Gasteiger partial charge on any atom is 0.380 e. The van der Waals surface area contributed by atoms with Gasteiger partial charge in [0, 0.05) is 33.8 Å². The summed E-state index contributed by atoms with van der Waals surface area (Å²) in [5, 5.41) is 0.438. The topological polar surface area (TPSA) is 44.8 Å². The third-order valence-electron chi connectivity index (χ3n) is 2.08. The molecule has 0 aliphatic heterocycles. The van der Waals surface area contributed by atoms with Crippen LogP contribution in [0.15, 0.2) is 17.0 Å². The zero-order valence-electron chi connectivity index (χ0n) is 11.2. The van der Waals surface area contributed by atoms with E-state index in [1.54, 1.807) is 13.8 Å². The van der Waals surface area contributed by atoms with E-state index in [9.17, 15) is 4.21 Å². The molecule has 114 valence electrons. The molecule has 0 saturated carbocycles. The normalized spacial score (nSPS) is 13.2. The van der Waals surface area contributed by atoms with E-state index >= 15 is 0 Å². The molecule has 0 bridgehead atoms. The van der Waals surface area contributed by atoms with Crippen molar-refractivity contribution in [3.8, 4) is 5.75 Å². The fourth-order valence-corrected chi connectivity index (χ4v) is 4.77. The van der Waals surface area contributed by atoms with E-state index in [-0.39, 0.29) is 15.8 Å². The predicted octanol–water partition coefficient (Wildman–Crippen LogP) is 4.41. The molecule has 1 rings (SSSR count). The lowest BCUT2D eigenvalue weighted by Crippen LogP contribution is -2.03. The molecule has 1 aromatic carbocycles. The van der Waals surface area contributed by atoms with Crippen LogP contribution in [0, 0.1) is 0 Å². The van der Waals surface area contributed by atoms with Gasteiger partial charge in [0.15, 0.2) is 5.75 Å². The lowest BCUT2D eigenvalue weighted by molar-refractivity contribution is 0.218. The van der Waals surface area contributed by atoms with Crippen LogP contribution in [-0.4, -0.2) is 23.7 Å². The molecule has 0 aliphatic carbocycles. The van der Waals surface area contributed by atoms with E-state index in [0.717, 1.165) is 0 Å². The zero-order valence-corrected chi connectivity index (χ0v) is 15.3. The van der Waals surface area contributed by atoms with E-state index < -0.39 is 17.5 Å². The van der Waals surface area contributed by atoms with E-state index in [4.69, 9.17) is 48.6 Å².